The van der Waals surface area contributed by atoms with Gasteiger partial charge in [-0.25, -0.2) is 0 Å². The molecule has 3 aromatic carbocycles. The number of nitrogens with zero attached hydrogens (tertiary/aromatic N) is 1. The average molecular weight is 490 g/mol. The lowest BCUT2D eigenvalue weighted by atomic mass is 9.83. The van der Waals surface area contributed by atoms with E-state index in [4.69, 9.17) is 9.16 Å². The van der Waals surface area contributed by atoms with Crippen LogP contribution in [-0.2, 0) is 4.43 Å². The molecule has 4 rings (SSSR count). The van der Waals surface area contributed by atoms with E-state index in [-0.39, 0.29) is 17.3 Å². The predicted octanol–water partition coefficient (Wildman–Crippen LogP) is 5.02. The number of hydrogen-bond donors (Lipinski definition) is 2. The van der Waals surface area contributed by atoms with E-state index in [9.17, 15) is 10.3 Å². The molecule has 1 atom stereocenters. The van der Waals surface area contributed by atoms with Gasteiger partial charge in [-0.2, -0.15) is 0 Å². The second kappa shape index (κ2) is 10.7. The number of hydrogen-bond acceptors (Lipinski definition) is 5. The normalized spacial score (nSPS) is 15.3. The highest BCUT2D eigenvalue weighted by atomic mass is 28.3. The molecule has 1 aliphatic rings. The molecule has 184 valence electrons. The van der Waals surface area contributed by atoms with Crippen molar-refractivity contribution in [1.82, 2.24) is 0 Å². The highest BCUT2D eigenvalue weighted by Crippen LogP contribution is 2.44. The lowest BCUT2D eigenvalue weighted by Crippen LogP contribution is -2.47. The zero-order valence-corrected chi connectivity index (χ0v) is 22.1. The number of ether oxygens (including phenoxy) is 1. The number of phenolic OH excluding ortho intramolecular Hbond substituents is 1. The van der Waals surface area contributed by atoms with Crippen LogP contribution in [0.2, 0.25) is 0 Å². The Morgan fingerprint density at radius 3 is 2.06 bits per heavy atom. The van der Waals surface area contributed by atoms with Crippen LogP contribution in [0.5, 0.6) is 11.5 Å². The molecule has 1 fully saturated rings. The van der Waals surface area contributed by atoms with Crippen molar-refractivity contribution in [1.29, 1.82) is 0 Å². The first-order valence-corrected chi connectivity index (χ1v) is 13.8. The second-order valence-corrected chi connectivity index (χ2v) is 12.8. The van der Waals surface area contributed by atoms with Gasteiger partial charge in [-0.1, -0.05) is 86.6 Å². The number of oxime groups is 1. The summed E-state index contributed by atoms with van der Waals surface area (Å²) in [4.78, 5) is 0. The third kappa shape index (κ3) is 6.13. The summed E-state index contributed by atoms with van der Waals surface area (Å²) in [6.07, 6.45) is 2.03. The number of phenols is 1. The van der Waals surface area contributed by atoms with Gasteiger partial charge in [-0.15, -0.1) is 0 Å². The van der Waals surface area contributed by atoms with Crippen molar-refractivity contribution in [3.05, 3.63) is 83.9 Å². The van der Waals surface area contributed by atoms with Crippen molar-refractivity contribution in [2.75, 3.05) is 6.61 Å². The Hall–Kier alpha value is -3.09. The van der Waals surface area contributed by atoms with E-state index in [1.165, 1.54) is 23.2 Å². The summed E-state index contributed by atoms with van der Waals surface area (Å²) in [6, 6.07) is 24.3. The van der Waals surface area contributed by atoms with Crippen LogP contribution >= 0.6 is 0 Å². The third-order valence-electron chi connectivity index (χ3n) is 6.39. The fourth-order valence-electron chi connectivity index (χ4n) is 4.24. The molecule has 1 saturated carbocycles. The Bertz CT molecular complexity index is 1120. The van der Waals surface area contributed by atoms with E-state index in [0.717, 1.165) is 5.56 Å². The van der Waals surface area contributed by atoms with Crippen LogP contribution in [0.25, 0.3) is 0 Å². The van der Waals surface area contributed by atoms with Gasteiger partial charge in [0.1, 0.15) is 11.5 Å². The average Bonchev–Trinajstić information content (AvgIpc) is 3.68. The summed E-state index contributed by atoms with van der Waals surface area (Å²) in [5.74, 6) is 1.22. The van der Waals surface area contributed by atoms with E-state index in [0.29, 0.717) is 29.5 Å². The van der Waals surface area contributed by atoms with Crippen LogP contribution in [0.3, 0.4) is 0 Å². The molecule has 0 saturated heterocycles. The van der Waals surface area contributed by atoms with Crippen LogP contribution in [0, 0.1) is 11.3 Å². The summed E-state index contributed by atoms with van der Waals surface area (Å²) in [5, 5.41) is 25.9. The van der Waals surface area contributed by atoms with Gasteiger partial charge < -0.3 is 19.5 Å². The van der Waals surface area contributed by atoms with E-state index in [1.807, 2.05) is 18.2 Å². The SMILES string of the molecule is C/C(=N\O)c1cc(C(O[SiH](c2ccccc2)c2ccccc2)C(C)(C)C)c(OCC2CC2)cc1O. The van der Waals surface area contributed by atoms with Gasteiger partial charge in [0.25, 0.3) is 0 Å². The number of rotatable bonds is 9. The Morgan fingerprint density at radius 1 is 1.00 bits per heavy atom. The molecule has 35 heavy (non-hydrogen) atoms. The molecule has 0 aromatic heterocycles. The van der Waals surface area contributed by atoms with Crippen molar-refractivity contribution >= 4 is 25.1 Å². The molecule has 1 unspecified atom stereocenters. The zero-order valence-electron chi connectivity index (χ0n) is 20.9. The summed E-state index contributed by atoms with van der Waals surface area (Å²) in [7, 11) is -2.08. The number of benzene rings is 3. The zero-order chi connectivity index (χ0) is 25.0. The molecular formula is C29H35NO4Si. The van der Waals surface area contributed by atoms with E-state index in [2.05, 4.69) is 74.5 Å². The standard InChI is InChI=1S/C29H35NO4Si/c1-20(30-32)24-17-25(27(18-26(24)31)33-19-21-15-16-21)28(29(2,3)4)34-35(22-11-7-5-8-12-22)23-13-9-6-10-14-23/h5-14,17-18,21,28,31-32,35H,15-16,19H2,1-4H3/b30-20+. The second-order valence-electron chi connectivity index (χ2n) is 10.4. The topological polar surface area (TPSA) is 71.3 Å². The highest BCUT2D eigenvalue weighted by molar-refractivity contribution is 6.80. The Kier molecular flexibility index (Phi) is 7.62. The Balaban J connectivity index is 1.82. The summed E-state index contributed by atoms with van der Waals surface area (Å²) < 4.78 is 13.4. The monoisotopic (exact) mass is 489 g/mol. The molecule has 5 nitrogen and oxygen atoms in total. The highest BCUT2D eigenvalue weighted by Gasteiger charge is 2.35. The maximum Gasteiger partial charge on any atom is 0.240 e. The van der Waals surface area contributed by atoms with Crippen LogP contribution in [-0.4, -0.2) is 31.7 Å². The lowest BCUT2D eigenvalue weighted by molar-refractivity contribution is 0.0859. The van der Waals surface area contributed by atoms with Gasteiger partial charge >= 0.3 is 0 Å². The third-order valence-corrected chi connectivity index (χ3v) is 8.91. The van der Waals surface area contributed by atoms with Gasteiger partial charge in [0.15, 0.2) is 0 Å². The molecule has 2 N–H and O–H groups in total. The molecule has 0 spiro atoms. The Labute approximate surface area is 209 Å². The van der Waals surface area contributed by atoms with Crippen molar-refractivity contribution in [2.45, 2.75) is 46.6 Å². The minimum absolute atomic E-state index is 0.0300. The van der Waals surface area contributed by atoms with E-state index < -0.39 is 9.04 Å². The molecule has 0 aliphatic heterocycles. The van der Waals surface area contributed by atoms with Crippen LogP contribution < -0.4 is 15.1 Å². The summed E-state index contributed by atoms with van der Waals surface area (Å²) in [5.41, 5.74) is 1.39. The molecular weight excluding hydrogens is 454 g/mol. The molecule has 1 aliphatic carbocycles. The van der Waals surface area contributed by atoms with Crippen LogP contribution in [0.1, 0.15) is 57.8 Å². The minimum Gasteiger partial charge on any atom is -0.507 e. The molecule has 0 bridgehead atoms. The van der Waals surface area contributed by atoms with Crippen LogP contribution in [0.15, 0.2) is 78.0 Å². The van der Waals surface area contributed by atoms with Gasteiger partial charge in [-0.05, 0) is 47.5 Å². The largest absolute Gasteiger partial charge is 0.507 e. The lowest BCUT2D eigenvalue weighted by Gasteiger charge is -2.36. The predicted molar refractivity (Wildman–Crippen MR) is 143 cm³/mol. The van der Waals surface area contributed by atoms with Crippen molar-refractivity contribution in [2.24, 2.45) is 16.5 Å². The first-order chi connectivity index (χ1) is 16.8. The van der Waals surface area contributed by atoms with Gasteiger partial charge in [0.2, 0.25) is 9.04 Å². The Morgan fingerprint density at radius 2 is 1.57 bits per heavy atom. The summed E-state index contributed by atoms with van der Waals surface area (Å²) >= 11 is 0. The van der Waals surface area contributed by atoms with Crippen molar-refractivity contribution in [3.63, 3.8) is 0 Å². The van der Waals surface area contributed by atoms with Crippen molar-refractivity contribution < 1.29 is 19.5 Å². The summed E-state index contributed by atoms with van der Waals surface area (Å²) in [6.45, 7) is 8.76. The van der Waals surface area contributed by atoms with Crippen molar-refractivity contribution in [3.8, 4) is 11.5 Å². The molecule has 0 heterocycles. The van der Waals surface area contributed by atoms with Gasteiger partial charge in [-0.3, -0.25) is 0 Å². The molecule has 6 heteroatoms. The fourth-order valence-corrected chi connectivity index (χ4v) is 6.91. The fraction of sp³-hybridized carbons (Fsp3) is 0.345. The van der Waals surface area contributed by atoms with E-state index in [1.54, 1.807) is 13.0 Å². The molecule has 0 radical (unpaired) electrons. The first kappa shape index (κ1) is 25.0. The smallest absolute Gasteiger partial charge is 0.240 e. The minimum atomic E-state index is -2.08. The molecule has 0 amide bonds. The van der Waals surface area contributed by atoms with Gasteiger partial charge in [0, 0.05) is 17.2 Å². The van der Waals surface area contributed by atoms with Gasteiger partial charge in [0.05, 0.1) is 18.4 Å². The first-order valence-electron chi connectivity index (χ1n) is 12.2. The quantitative estimate of drug-likeness (QED) is 0.192. The maximum absolute atomic E-state index is 10.7. The molecule has 3 aromatic rings. The maximum atomic E-state index is 10.7. The van der Waals surface area contributed by atoms with Crippen LogP contribution in [0.4, 0.5) is 0 Å². The number of aromatic hydroxyl groups is 1. The van der Waals surface area contributed by atoms with E-state index >= 15 is 0 Å².